The van der Waals surface area contributed by atoms with Gasteiger partial charge in [0.1, 0.15) is 0 Å². The minimum atomic E-state index is 0.277. The van der Waals surface area contributed by atoms with E-state index < -0.39 is 0 Å². The molecular weight excluding hydrogens is 391 g/mol. The fourth-order valence-corrected chi connectivity index (χ4v) is 3.71. The molecule has 0 amide bonds. The number of rotatable bonds is 3. The standard InChI is InChI=1S/C13H18BrIN2/c14-12-7-6-10(15)8-11(12)13(17-16)9-4-2-1-3-5-9/h6-9,13,17H,1-5,16H2. The third-order valence-corrected chi connectivity index (χ3v) is 4.99. The SMILES string of the molecule is NNC(c1cc(I)ccc1Br)C1CCCCC1. The van der Waals surface area contributed by atoms with E-state index in [0.717, 1.165) is 4.47 Å². The summed E-state index contributed by atoms with van der Waals surface area (Å²) in [7, 11) is 0. The summed E-state index contributed by atoms with van der Waals surface area (Å²) in [5.41, 5.74) is 4.32. The molecule has 0 heterocycles. The average Bonchev–Trinajstić information content (AvgIpc) is 2.36. The number of hydrogen-bond acceptors (Lipinski definition) is 2. The van der Waals surface area contributed by atoms with Gasteiger partial charge in [0.2, 0.25) is 0 Å². The minimum absolute atomic E-state index is 0.277. The van der Waals surface area contributed by atoms with E-state index in [4.69, 9.17) is 5.84 Å². The van der Waals surface area contributed by atoms with Crippen molar-refractivity contribution in [2.75, 3.05) is 0 Å². The van der Waals surface area contributed by atoms with Crippen molar-refractivity contribution in [3.05, 3.63) is 31.8 Å². The Morgan fingerprint density at radius 2 is 2.00 bits per heavy atom. The van der Waals surface area contributed by atoms with Gasteiger partial charge in [0.25, 0.3) is 0 Å². The second-order valence-corrected chi connectivity index (χ2v) is 6.81. The maximum Gasteiger partial charge on any atom is 0.0499 e. The predicted molar refractivity (Wildman–Crippen MR) is 83.5 cm³/mol. The first-order valence-electron chi connectivity index (χ1n) is 6.13. The van der Waals surface area contributed by atoms with Gasteiger partial charge in [-0.25, -0.2) is 0 Å². The van der Waals surface area contributed by atoms with Crippen LogP contribution >= 0.6 is 38.5 Å². The molecule has 3 N–H and O–H groups in total. The van der Waals surface area contributed by atoms with Gasteiger partial charge >= 0.3 is 0 Å². The number of hydrazine groups is 1. The third kappa shape index (κ3) is 3.43. The normalized spacial score (nSPS) is 19.2. The molecule has 94 valence electrons. The topological polar surface area (TPSA) is 38.0 Å². The van der Waals surface area contributed by atoms with Crippen LogP contribution in [0.5, 0.6) is 0 Å². The van der Waals surface area contributed by atoms with Crippen molar-refractivity contribution < 1.29 is 0 Å². The second kappa shape index (κ2) is 6.50. The molecule has 17 heavy (non-hydrogen) atoms. The number of nitrogens with two attached hydrogens (primary N) is 1. The molecule has 1 aromatic rings. The van der Waals surface area contributed by atoms with Crippen molar-refractivity contribution >= 4 is 38.5 Å². The molecule has 1 aliphatic carbocycles. The fraction of sp³-hybridized carbons (Fsp3) is 0.538. The van der Waals surface area contributed by atoms with Gasteiger partial charge in [-0.15, -0.1) is 0 Å². The zero-order valence-electron chi connectivity index (χ0n) is 9.76. The molecule has 0 radical (unpaired) electrons. The van der Waals surface area contributed by atoms with E-state index in [1.165, 1.54) is 41.2 Å². The fourth-order valence-electron chi connectivity index (χ4n) is 2.70. The zero-order valence-corrected chi connectivity index (χ0v) is 13.5. The van der Waals surface area contributed by atoms with Crippen LogP contribution in [-0.2, 0) is 0 Å². The summed E-state index contributed by atoms with van der Waals surface area (Å²) in [6.07, 6.45) is 6.62. The first-order valence-corrected chi connectivity index (χ1v) is 8.00. The highest BCUT2D eigenvalue weighted by Crippen LogP contribution is 2.37. The smallest absolute Gasteiger partial charge is 0.0499 e. The molecule has 0 aliphatic heterocycles. The maximum atomic E-state index is 5.78. The molecular formula is C13H18BrIN2. The van der Waals surface area contributed by atoms with E-state index >= 15 is 0 Å². The van der Waals surface area contributed by atoms with Crippen molar-refractivity contribution in [1.29, 1.82) is 0 Å². The molecule has 1 unspecified atom stereocenters. The van der Waals surface area contributed by atoms with Gasteiger partial charge in [-0.05, 0) is 65.1 Å². The van der Waals surface area contributed by atoms with Crippen LogP contribution in [0.25, 0.3) is 0 Å². The van der Waals surface area contributed by atoms with Crippen LogP contribution in [0.3, 0.4) is 0 Å². The third-order valence-electron chi connectivity index (χ3n) is 3.59. The Morgan fingerprint density at radius 1 is 1.29 bits per heavy atom. The van der Waals surface area contributed by atoms with Crippen LogP contribution in [0.15, 0.2) is 22.7 Å². The molecule has 0 spiro atoms. The highest BCUT2D eigenvalue weighted by atomic mass is 127. The van der Waals surface area contributed by atoms with Gasteiger partial charge in [0, 0.05) is 14.1 Å². The second-order valence-electron chi connectivity index (χ2n) is 4.71. The Bertz CT molecular complexity index is 378. The molecule has 1 saturated carbocycles. The molecule has 1 aromatic carbocycles. The number of hydrogen-bond donors (Lipinski definition) is 2. The highest BCUT2D eigenvalue weighted by molar-refractivity contribution is 14.1. The molecule has 1 aliphatic rings. The van der Waals surface area contributed by atoms with Gasteiger partial charge in [-0.1, -0.05) is 35.2 Å². The molecule has 4 heteroatoms. The van der Waals surface area contributed by atoms with E-state index in [2.05, 4.69) is 62.1 Å². The summed E-state index contributed by atoms with van der Waals surface area (Å²) in [4.78, 5) is 0. The highest BCUT2D eigenvalue weighted by Gasteiger charge is 2.25. The van der Waals surface area contributed by atoms with E-state index in [1.807, 2.05) is 0 Å². The Kier molecular flexibility index (Phi) is 5.26. The maximum absolute atomic E-state index is 5.78. The lowest BCUT2D eigenvalue weighted by Gasteiger charge is -2.30. The van der Waals surface area contributed by atoms with Crippen molar-refractivity contribution in [2.24, 2.45) is 11.8 Å². The van der Waals surface area contributed by atoms with Crippen LogP contribution in [0.4, 0.5) is 0 Å². The van der Waals surface area contributed by atoms with Crippen molar-refractivity contribution in [2.45, 2.75) is 38.1 Å². The minimum Gasteiger partial charge on any atom is -0.271 e. The first-order chi connectivity index (χ1) is 8.22. The lowest BCUT2D eigenvalue weighted by atomic mass is 9.81. The summed E-state index contributed by atoms with van der Waals surface area (Å²) in [6, 6.07) is 6.73. The van der Waals surface area contributed by atoms with E-state index in [9.17, 15) is 0 Å². The molecule has 1 atom stereocenters. The van der Waals surface area contributed by atoms with Crippen molar-refractivity contribution in [1.82, 2.24) is 5.43 Å². The van der Waals surface area contributed by atoms with E-state index in [-0.39, 0.29) is 6.04 Å². The Hall–Kier alpha value is 0.350. The number of halogens is 2. The van der Waals surface area contributed by atoms with E-state index in [0.29, 0.717) is 5.92 Å². The predicted octanol–water partition coefficient (Wildman–Crippen LogP) is 4.14. The lowest BCUT2D eigenvalue weighted by Crippen LogP contribution is -2.34. The van der Waals surface area contributed by atoms with Crippen LogP contribution < -0.4 is 11.3 Å². The Morgan fingerprint density at radius 3 is 2.65 bits per heavy atom. The first kappa shape index (κ1) is 13.8. The molecule has 2 rings (SSSR count). The van der Waals surface area contributed by atoms with Gasteiger partial charge in [0.15, 0.2) is 0 Å². The van der Waals surface area contributed by atoms with Crippen molar-refractivity contribution in [3.63, 3.8) is 0 Å². The van der Waals surface area contributed by atoms with Crippen molar-refractivity contribution in [3.8, 4) is 0 Å². The lowest BCUT2D eigenvalue weighted by molar-refractivity contribution is 0.273. The number of nitrogens with one attached hydrogen (secondary N) is 1. The van der Waals surface area contributed by atoms with E-state index in [1.54, 1.807) is 0 Å². The van der Waals surface area contributed by atoms with Gasteiger partial charge in [-0.3, -0.25) is 11.3 Å². The Balaban J connectivity index is 2.24. The zero-order chi connectivity index (χ0) is 12.3. The van der Waals surface area contributed by atoms with Crippen LogP contribution in [-0.4, -0.2) is 0 Å². The van der Waals surface area contributed by atoms with Crippen LogP contribution in [0.1, 0.15) is 43.7 Å². The van der Waals surface area contributed by atoms with Crippen LogP contribution in [0, 0.1) is 9.49 Å². The largest absolute Gasteiger partial charge is 0.271 e. The van der Waals surface area contributed by atoms with Gasteiger partial charge < -0.3 is 0 Å². The summed E-state index contributed by atoms with van der Waals surface area (Å²) in [5, 5.41) is 0. The summed E-state index contributed by atoms with van der Waals surface area (Å²) >= 11 is 5.99. The summed E-state index contributed by atoms with van der Waals surface area (Å²) in [5.74, 6) is 6.45. The molecule has 0 saturated heterocycles. The number of benzene rings is 1. The quantitative estimate of drug-likeness (QED) is 0.448. The molecule has 0 aromatic heterocycles. The van der Waals surface area contributed by atoms with Crippen LogP contribution in [0.2, 0.25) is 0 Å². The molecule has 0 bridgehead atoms. The van der Waals surface area contributed by atoms with Gasteiger partial charge in [0.05, 0.1) is 0 Å². The Labute approximate surface area is 125 Å². The molecule has 1 fully saturated rings. The summed E-state index contributed by atoms with van der Waals surface area (Å²) < 4.78 is 2.42. The monoisotopic (exact) mass is 408 g/mol. The average molecular weight is 409 g/mol. The van der Waals surface area contributed by atoms with Gasteiger partial charge in [-0.2, -0.15) is 0 Å². The molecule has 2 nitrogen and oxygen atoms in total. The summed E-state index contributed by atoms with van der Waals surface area (Å²) in [6.45, 7) is 0.